The predicted octanol–water partition coefficient (Wildman–Crippen LogP) is 2.29. The molecule has 9 heteroatoms. The van der Waals surface area contributed by atoms with Crippen molar-refractivity contribution in [3.05, 3.63) is 39.9 Å². The van der Waals surface area contributed by atoms with Crippen molar-refractivity contribution in [2.24, 2.45) is 5.16 Å². The lowest BCUT2D eigenvalue weighted by Crippen LogP contribution is -2.20. The van der Waals surface area contributed by atoms with Crippen LogP contribution in [0.25, 0.3) is 11.0 Å². The summed E-state index contributed by atoms with van der Waals surface area (Å²) >= 11 is 0. The summed E-state index contributed by atoms with van der Waals surface area (Å²) in [6.45, 7) is 1.05. The maximum Gasteiger partial charge on any atom is 0.341 e. The molecule has 0 bridgehead atoms. The smallest absolute Gasteiger partial charge is 0.341 e. The lowest BCUT2D eigenvalue weighted by molar-refractivity contribution is 0.0690. The highest BCUT2D eigenvalue weighted by atomic mass is 19.2. The summed E-state index contributed by atoms with van der Waals surface area (Å²) in [6.07, 6.45) is 0. The van der Waals surface area contributed by atoms with E-state index in [0.717, 1.165) is 6.92 Å². The van der Waals surface area contributed by atoms with E-state index in [-0.39, 0.29) is 0 Å². The van der Waals surface area contributed by atoms with Gasteiger partial charge in [-0.15, -0.1) is 0 Å². The lowest BCUT2D eigenvalue weighted by Gasteiger charge is -2.07. The average molecular weight is 291 g/mol. The van der Waals surface area contributed by atoms with Crippen LogP contribution < -0.4 is 5.36 Å². The van der Waals surface area contributed by atoms with Crippen LogP contribution in [0.15, 0.2) is 9.57 Å². The number of rotatable bonds is 1. The third-order valence-corrected chi connectivity index (χ3v) is 2.62. The van der Waals surface area contributed by atoms with Gasteiger partial charge in [0.2, 0.25) is 11.6 Å². The van der Waals surface area contributed by atoms with Gasteiger partial charge in [0, 0.05) is 0 Å². The van der Waals surface area contributed by atoms with E-state index >= 15 is 0 Å². The first-order valence-electron chi connectivity index (χ1n) is 5.02. The molecule has 106 valence electrons. The molecule has 0 saturated heterocycles. The van der Waals surface area contributed by atoms with Crippen LogP contribution in [0, 0.1) is 30.2 Å². The Balaban J connectivity index is 3.23. The number of carboxylic acids is 1. The standard InChI is InChI=1S/C11H5F4NO4/c1-2-3(11(17)18)9(16-19)4-5(12)6(13)7(14)8(15)10(4)20-2/h19H,1H3,(H,17,18). The summed E-state index contributed by atoms with van der Waals surface area (Å²) in [4.78, 5) is 11.0. The summed E-state index contributed by atoms with van der Waals surface area (Å²) in [5.41, 5.74) is -1.89. The van der Waals surface area contributed by atoms with Crippen LogP contribution in [0.1, 0.15) is 16.1 Å². The largest absolute Gasteiger partial charge is 0.477 e. The van der Waals surface area contributed by atoms with Crippen molar-refractivity contribution in [1.29, 1.82) is 0 Å². The Morgan fingerprint density at radius 1 is 1.10 bits per heavy atom. The fourth-order valence-corrected chi connectivity index (χ4v) is 1.77. The first-order valence-corrected chi connectivity index (χ1v) is 5.02. The van der Waals surface area contributed by atoms with E-state index in [9.17, 15) is 22.4 Å². The minimum absolute atomic E-state index is 0.470. The van der Waals surface area contributed by atoms with E-state index in [0.29, 0.717) is 0 Å². The number of hydrogen-bond acceptors (Lipinski definition) is 4. The van der Waals surface area contributed by atoms with Gasteiger partial charge in [-0.1, -0.05) is 5.16 Å². The second-order valence-electron chi connectivity index (χ2n) is 3.75. The maximum atomic E-state index is 13.7. The molecule has 0 atom stereocenters. The van der Waals surface area contributed by atoms with Crippen molar-refractivity contribution in [1.82, 2.24) is 0 Å². The van der Waals surface area contributed by atoms with Gasteiger partial charge < -0.3 is 14.7 Å². The molecule has 1 aromatic carbocycles. The van der Waals surface area contributed by atoms with E-state index < -0.39 is 56.9 Å². The van der Waals surface area contributed by atoms with Crippen molar-refractivity contribution in [3.8, 4) is 0 Å². The SMILES string of the molecule is Cc1oc2c(F)c(F)c(F)c(F)c2c(=NO)c1C(=O)O. The van der Waals surface area contributed by atoms with Crippen LogP contribution in [0.5, 0.6) is 0 Å². The number of nitrogens with zero attached hydrogens (tertiary/aromatic N) is 1. The molecular formula is C11H5F4NO4. The third-order valence-electron chi connectivity index (χ3n) is 2.62. The van der Waals surface area contributed by atoms with Gasteiger partial charge in [0.1, 0.15) is 16.7 Å². The topological polar surface area (TPSA) is 83.0 Å². The predicted molar refractivity (Wildman–Crippen MR) is 55.1 cm³/mol. The Kier molecular flexibility index (Phi) is 3.12. The second kappa shape index (κ2) is 4.51. The van der Waals surface area contributed by atoms with Crippen molar-refractivity contribution in [2.45, 2.75) is 6.92 Å². The number of hydrogen-bond donors (Lipinski definition) is 2. The summed E-state index contributed by atoms with van der Waals surface area (Å²) in [5, 5.41) is 18.1. The van der Waals surface area contributed by atoms with Crippen LogP contribution in [0.3, 0.4) is 0 Å². The fraction of sp³-hybridized carbons (Fsp3) is 0.0909. The average Bonchev–Trinajstić information content (AvgIpc) is 2.40. The number of halogens is 4. The molecular weight excluding hydrogens is 286 g/mol. The molecule has 2 aromatic rings. The molecule has 1 aromatic heterocycles. The van der Waals surface area contributed by atoms with Gasteiger partial charge in [0.25, 0.3) is 0 Å². The van der Waals surface area contributed by atoms with Crippen LogP contribution >= 0.6 is 0 Å². The zero-order valence-electron chi connectivity index (χ0n) is 9.67. The van der Waals surface area contributed by atoms with Gasteiger partial charge in [0.15, 0.2) is 17.2 Å². The molecule has 0 unspecified atom stereocenters. The maximum absolute atomic E-state index is 13.7. The zero-order chi connectivity index (χ0) is 15.2. The van der Waals surface area contributed by atoms with Gasteiger partial charge in [-0.3, -0.25) is 0 Å². The molecule has 0 aliphatic heterocycles. The van der Waals surface area contributed by atoms with Crippen molar-refractivity contribution < 1.29 is 37.1 Å². The Hall–Kier alpha value is -2.58. The van der Waals surface area contributed by atoms with Gasteiger partial charge in [-0.25, -0.2) is 18.0 Å². The van der Waals surface area contributed by atoms with Crippen LogP contribution in [-0.4, -0.2) is 16.3 Å². The highest BCUT2D eigenvalue weighted by Gasteiger charge is 2.27. The Morgan fingerprint density at radius 3 is 2.15 bits per heavy atom. The second-order valence-corrected chi connectivity index (χ2v) is 3.75. The monoisotopic (exact) mass is 291 g/mol. The van der Waals surface area contributed by atoms with Gasteiger partial charge in [-0.2, -0.15) is 4.39 Å². The van der Waals surface area contributed by atoms with Crippen molar-refractivity contribution in [2.75, 3.05) is 0 Å². The number of benzene rings is 1. The normalized spacial score (nSPS) is 12.2. The summed E-state index contributed by atoms with van der Waals surface area (Å²) in [7, 11) is 0. The number of aryl methyl sites for hydroxylation is 1. The minimum Gasteiger partial charge on any atom is -0.477 e. The van der Waals surface area contributed by atoms with E-state index in [1.807, 2.05) is 0 Å². The van der Waals surface area contributed by atoms with Gasteiger partial charge in [-0.05, 0) is 6.92 Å². The van der Waals surface area contributed by atoms with E-state index in [1.165, 1.54) is 0 Å². The quantitative estimate of drug-likeness (QED) is 0.277. The number of carboxylic acid groups (broad SMARTS) is 1. The Labute approximate surface area is 107 Å². The molecule has 2 N–H and O–H groups in total. The molecule has 2 rings (SSSR count). The molecule has 0 fully saturated rings. The van der Waals surface area contributed by atoms with Crippen LogP contribution in [0.2, 0.25) is 0 Å². The molecule has 0 spiro atoms. The lowest BCUT2D eigenvalue weighted by atomic mass is 10.1. The molecule has 0 saturated carbocycles. The zero-order valence-corrected chi connectivity index (χ0v) is 9.67. The highest BCUT2D eigenvalue weighted by Crippen LogP contribution is 2.26. The molecule has 0 amide bonds. The fourth-order valence-electron chi connectivity index (χ4n) is 1.77. The molecule has 5 nitrogen and oxygen atoms in total. The van der Waals surface area contributed by atoms with Gasteiger partial charge >= 0.3 is 5.97 Å². The van der Waals surface area contributed by atoms with E-state index in [1.54, 1.807) is 0 Å². The first-order chi connectivity index (χ1) is 9.31. The molecule has 0 aliphatic rings. The number of aromatic carboxylic acids is 1. The molecule has 1 heterocycles. The van der Waals surface area contributed by atoms with Crippen LogP contribution in [0.4, 0.5) is 17.6 Å². The van der Waals surface area contributed by atoms with E-state index in [2.05, 4.69) is 9.57 Å². The molecule has 20 heavy (non-hydrogen) atoms. The van der Waals surface area contributed by atoms with Crippen molar-refractivity contribution in [3.63, 3.8) is 0 Å². The Morgan fingerprint density at radius 2 is 1.65 bits per heavy atom. The molecule has 0 radical (unpaired) electrons. The summed E-state index contributed by atoms with van der Waals surface area (Å²) in [6, 6.07) is 0. The summed E-state index contributed by atoms with van der Waals surface area (Å²) < 4.78 is 58.1. The Bertz CT molecular complexity index is 813. The highest BCUT2D eigenvalue weighted by molar-refractivity contribution is 5.92. The van der Waals surface area contributed by atoms with Gasteiger partial charge in [0.05, 0.1) is 5.39 Å². The van der Waals surface area contributed by atoms with E-state index in [4.69, 9.17) is 10.3 Å². The number of fused-ring (bicyclic) bond motifs is 1. The third kappa shape index (κ3) is 1.70. The number of carbonyl (C=O) groups is 1. The minimum atomic E-state index is -2.17. The van der Waals surface area contributed by atoms with Crippen LogP contribution in [-0.2, 0) is 0 Å². The first kappa shape index (κ1) is 13.8. The molecule has 0 aliphatic carbocycles. The van der Waals surface area contributed by atoms with Crippen molar-refractivity contribution >= 4 is 16.9 Å². The summed E-state index contributed by atoms with van der Waals surface area (Å²) in [5.74, 6) is -10.2.